The van der Waals surface area contributed by atoms with Gasteiger partial charge in [-0.1, -0.05) is 292 Å². The zero-order valence-electron chi connectivity index (χ0n) is 51.3. The molecule has 0 aromatic rings. The van der Waals surface area contributed by atoms with Crippen LogP contribution in [0.2, 0.25) is 0 Å². The number of aliphatic hydroxyl groups is 1. The molecule has 0 rings (SSSR count). The van der Waals surface area contributed by atoms with Crippen LogP contribution in [0.4, 0.5) is 0 Å². The molecule has 0 aliphatic heterocycles. The fourth-order valence-electron chi connectivity index (χ4n) is 8.43. The van der Waals surface area contributed by atoms with Crippen molar-refractivity contribution in [3.8, 4) is 0 Å². The van der Waals surface area contributed by atoms with Crippen LogP contribution in [0.25, 0.3) is 0 Å². The third-order valence-electron chi connectivity index (χ3n) is 13.2. The number of hydrogen-bond donors (Lipinski definition) is 1. The summed E-state index contributed by atoms with van der Waals surface area (Å²) < 4.78 is 10.7. The molecule has 0 saturated carbocycles. The minimum atomic E-state index is -0.796. The molecule has 0 bridgehead atoms. The molecule has 0 fully saturated rings. The fraction of sp³-hybridized carbons (Fsp3) is 0.573. The summed E-state index contributed by atoms with van der Waals surface area (Å²) in [6.45, 7) is 3.90. The van der Waals surface area contributed by atoms with Crippen molar-refractivity contribution in [2.45, 2.75) is 264 Å². The molecule has 1 unspecified atom stereocenters. The topological polar surface area (TPSA) is 72.8 Å². The Labute approximate surface area is 493 Å². The lowest BCUT2D eigenvalue weighted by Gasteiger charge is -2.15. The molecule has 1 atom stereocenters. The summed E-state index contributed by atoms with van der Waals surface area (Å²) in [5.41, 5.74) is 0. The van der Waals surface area contributed by atoms with E-state index in [2.05, 4.69) is 196 Å². The Morgan fingerprint density at radius 2 is 0.500 bits per heavy atom. The van der Waals surface area contributed by atoms with Crippen molar-refractivity contribution in [1.29, 1.82) is 0 Å². The number of aliphatic hydroxyl groups excluding tert-OH is 1. The summed E-state index contributed by atoms with van der Waals surface area (Å²) in [6, 6.07) is 0. The Kier molecular flexibility index (Phi) is 64.0. The maximum Gasteiger partial charge on any atom is 0.306 e. The van der Waals surface area contributed by atoms with Gasteiger partial charge in [0.25, 0.3) is 0 Å². The number of esters is 2. The summed E-state index contributed by atoms with van der Waals surface area (Å²) >= 11 is 0. The van der Waals surface area contributed by atoms with E-state index in [9.17, 15) is 14.7 Å². The zero-order chi connectivity index (χ0) is 57.6. The standard InChI is InChI=1S/C75H118O5/c1-3-5-7-9-11-13-15-17-19-21-23-25-27-29-31-33-34-35-36-37-38-39-40-42-44-46-48-50-52-54-56-58-60-62-64-66-68-70-75(78)80-73(71-76)72-79-74(77)69-67-65-63-61-59-57-55-53-51-49-47-45-43-41-32-30-28-26-24-22-20-18-16-14-12-10-8-6-4-2/h5-8,11-14,17-20,23-26,29-32,34-35,37-38,40,42,46,48,52,54,73,76H,3-4,9-10,15-16,21-22,27-28,33,36,39,41,43-45,47,49-51,53,55-72H2,1-2H3/b7-5-,8-6-,13-11-,14-12-,19-17-,20-18-,25-23-,26-24-,31-29-,32-30-,35-34-,38-37-,42-40-,48-46-,54-52-. The molecule has 0 aliphatic carbocycles. The van der Waals surface area contributed by atoms with Gasteiger partial charge in [-0.15, -0.1) is 0 Å². The van der Waals surface area contributed by atoms with Gasteiger partial charge in [0.2, 0.25) is 0 Å². The molecule has 0 amide bonds. The van der Waals surface area contributed by atoms with Gasteiger partial charge in [-0.25, -0.2) is 0 Å². The van der Waals surface area contributed by atoms with Crippen molar-refractivity contribution in [3.63, 3.8) is 0 Å². The van der Waals surface area contributed by atoms with Crippen molar-refractivity contribution in [2.75, 3.05) is 13.2 Å². The smallest absolute Gasteiger partial charge is 0.306 e. The van der Waals surface area contributed by atoms with Crippen LogP contribution in [0.15, 0.2) is 182 Å². The zero-order valence-corrected chi connectivity index (χ0v) is 51.3. The van der Waals surface area contributed by atoms with Crippen molar-refractivity contribution in [3.05, 3.63) is 182 Å². The van der Waals surface area contributed by atoms with E-state index in [1.807, 2.05) is 0 Å². The van der Waals surface area contributed by atoms with Gasteiger partial charge in [0.1, 0.15) is 6.61 Å². The second-order valence-corrected chi connectivity index (χ2v) is 20.7. The lowest BCUT2D eigenvalue weighted by molar-refractivity contribution is -0.161. The number of allylic oxidation sites excluding steroid dienone is 30. The highest BCUT2D eigenvalue weighted by Crippen LogP contribution is 2.15. The van der Waals surface area contributed by atoms with Gasteiger partial charge < -0.3 is 14.6 Å². The van der Waals surface area contributed by atoms with Crippen LogP contribution in [0.3, 0.4) is 0 Å². The van der Waals surface area contributed by atoms with Gasteiger partial charge in [-0.3, -0.25) is 9.59 Å². The summed E-state index contributed by atoms with van der Waals surface area (Å²) in [5.74, 6) is -0.618. The molecule has 0 spiro atoms. The second kappa shape index (κ2) is 68.3. The second-order valence-electron chi connectivity index (χ2n) is 20.7. The molecule has 5 nitrogen and oxygen atoms in total. The van der Waals surface area contributed by atoms with Crippen LogP contribution in [-0.4, -0.2) is 36.4 Å². The van der Waals surface area contributed by atoms with Gasteiger partial charge in [-0.2, -0.15) is 0 Å². The van der Waals surface area contributed by atoms with E-state index in [1.165, 1.54) is 83.5 Å². The lowest BCUT2D eigenvalue weighted by Crippen LogP contribution is -2.28. The molecule has 0 radical (unpaired) electrons. The highest BCUT2D eigenvalue weighted by molar-refractivity contribution is 5.70. The molecular formula is C75H118O5. The molecule has 0 aromatic carbocycles. The normalized spacial score (nSPS) is 13.5. The predicted molar refractivity (Wildman–Crippen MR) is 352 cm³/mol. The predicted octanol–water partition coefficient (Wildman–Crippen LogP) is 22.6. The van der Waals surface area contributed by atoms with E-state index in [0.29, 0.717) is 12.8 Å². The highest BCUT2D eigenvalue weighted by atomic mass is 16.6. The Morgan fingerprint density at radius 3 is 0.750 bits per heavy atom. The van der Waals surface area contributed by atoms with Crippen LogP contribution in [0, 0.1) is 0 Å². The molecule has 0 aliphatic rings. The maximum absolute atomic E-state index is 12.3. The highest BCUT2D eigenvalue weighted by Gasteiger charge is 2.16. The first kappa shape index (κ1) is 75.0. The Hall–Kier alpha value is -5.00. The summed E-state index contributed by atoms with van der Waals surface area (Å²) in [7, 11) is 0. The van der Waals surface area contributed by atoms with Crippen LogP contribution in [-0.2, 0) is 19.1 Å². The molecule has 0 aromatic heterocycles. The molecule has 1 N–H and O–H groups in total. The minimum absolute atomic E-state index is 0.0833. The van der Waals surface area contributed by atoms with Gasteiger partial charge in [0.05, 0.1) is 6.61 Å². The monoisotopic (exact) mass is 1100 g/mol. The Bertz CT molecular complexity index is 1820. The first-order valence-corrected chi connectivity index (χ1v) is 32.3. The summed E-state index contributed by atoms with van der Waals surface area (Å²) in [4.78, 5) is 24.6. The fourth-order valence-corrected chi connectivity index (χ4v) is 8.43. The number of unbranched alkanes of at least 4 members (excludes halogenated alkanes) is 19. The van der Waals surface area contributed by atoms with E-state index in [-0.39, 0.29) is 25.2 Å². The van der Waals surface area contributed by atoms with E-state index in [4.69, 9.17) is 9.47 Å². The summed E-state index contributed by atoms with van der Waals surface area (Å²) in [6.07, 6.45) is 107. The molecule has 0 saturated heterocycles. The number of rotatable bonds is 57. The minimum Gasteiger partial charge on any atom is -0.462 e. The third kappa shape index (κ3) is 65.5. The third-order valence-corrected chi connectivity index (χ3v) is 13.2. The van der Waals surface area contributed by atoms with Crippen LogP contribution in [0.5, 0.6) is 0 Å². The molecular weight excluding hydrogens is 981 g/mol. The van der Waals surface area contributed by atoms with Crippen molar-refractivity contribution >= 4 is 11.9 Å². The average Bonchev–Trinajstić information content (AvgIpc) is 3.46. The van der Waals surface area contributed by atoms with Crippen LogP contribution in [0.1, 0.15) is 258 Å². The summed E-state index contributed by atoms with van der Waals surface area (Å²) in [5, 5.41) is 9.69. The number of ether oxygens (including phenoxy) is 2. The van der Waals surface area contributed by atoms with E-state index in [0.717, 1.165) is 148 Å². The van der Waals surface area contributed by atoms with Crippen LogP contribution < -0.4 is 0 Å². The Balaban J connectivity index is 3.61. The Morgan fingerprint density at radius 1 is 0.287 bits per heavy atom. The number of carbonyl (C=O) groups excluding carboxylic acids is 2. The molecule has 5 heteroatoms. The van der Waals surface area contributed by atoms with E-state index in [1.54, 1.807) is 0 Å². The number of hydrogen-bond acceptors (Lipinski definition) is 5. The average molecular weight is 1100 g/mol. The largest absolute Gasteiger partial charge is 0.462 e. The van der Waals surface area contributed by atoms with E-state index >= 15 is 0 Å². The van der Waals surface area contributed by atoms with E-state index < -0.39 is 6.10 Å². The number of carbonyl (C=O) groups is 2. The van der Waals surface area contributed by atoms with Gasteiger partial charge in [0, 0.05) is 12.8 Å². The lowest BCUT2D eigenvalue weighted by atomic mass is 10.0. The molecule has 0 heterocycles. The van der Waals surface area contributed by atoms with Crippen molar-refractivity contribution in [2.24, 2.45) is 0 Å². The maximum atomic E-state index is 12.3. The van der Waals surface area contributed by atoms with Crippen LogP contribution >= 0.6 is 0 Å². The molecule has 448 valence electrons. The van der Waals surface area contributed by atoms with Gasteiger partial charge in [-0.05, 0) is 135 Å². The molecule has 80 heavy (non-hydrogen) atoms. The first-order chi connectivity index (χ1) is 39.6. The van der Waals surface area contributed by atoms with Crippen molar-refractivity contribution in [1.82, 2.24) is 0 Å². The van der Waals surface area contributed by atoms with Gasteiger partial charge >= 0.3 is 11.9 Å². The first-order valence-electron chi connectivity index (χ1n) is 32.3. The quantitative estimate of drug-likeness (QED) is 0.0373. The van der Waals surface area contributed by atoms with Gasteiger partial charge in [0.15, 0.2) is 6.10 Å². The van der Waals surface area contributed by atoms with Crippen molar-refractivity contribution < 1.29 is 24.2 Å². The SMILES string of the molecule is CC/C=C\C/C=C\C/C=C\C/C=C\C/C=C\C/C=C\C/C=C\C/C=C\C/C=C\C/C=C\CCCCCCCCC(=O)OC(CO)COC(=O)CCCCCCCCCCCCCCC/C=C\C/C=C\C/C=C\C/C=C\C/C=C\CC.